The highest BCUT2D eigenvalue weighted by atomic mass is 35.5. The summed E-state index contributed by atoms with van der Waals surface area (Å²) in [6.07, 6.45) is 2.79. The molecule has 1 N–H and O–H groups in total. The third-order valence-electron chi connectivity index (χ3n) is 3.51. The normalized spacial score (nSPS) is 17.6. The van der Waals surface area contributed by atoms with E-state index in [1.165, 1.54) is 12.1 Å². The number of anilines is 1. The Hall–Kier alpha value is -1.92. The zero-order valence-corrected chi connectivity index (χ0v) is 12.5. The molecule has 1 amide bonds. The van der Waals surface area contributed by atoms with E-state index in [0.29, 0.717) is 24.5 Å². The molecule has 0 saturated carbocycles. The Morgan fingerprint density at radius 2 is 2.36 bits per heavy atom. The van der Waals surface area contributed by atoms with Gasteiger partial charge < -0.3 is 10.1 Å². The summed E-state index contributed by atoms with van der Waals surface area (Å²) in [6.45, 7) is 0.948. The van der Waals surface area contributed by atoms with Gasteiger partial charge in [0.25, 0.3) is 5.91 Å². The van der Waals surface area contributed by atoms with Crippen LogP contribution >= 0.6 is 11.6 Å². The number of carbonyl (C=O) groups is 1. The number of carbonyl (C=O) groups excluding carboxylic acids is 1. The first kappa shape index (κ1) is 15.0. The number of ether oxygens (including phenoxy) is 1. The summed E-state index contributed by atoms with van der Waals surface area (Å²) in [4.78, 5) is 12.1. The number of rotatable bonds is 4. The number of benzene rings is 1. The largest absolute Gasteiger partial charge is 0.368 e. The van der Waals surface area contributed by atoms with Gasteiger partial charge in [-0.25, -0.2) is 9.07 Å². The molecule has 1 atom stereocenters. The monoisotopic (exact) mass is 323 g/mol. The standard InChI is InChI=1S/C15H15ClFN3O2/c16-11-4-3-10(8-12(11)17)9-20-14(5-6-18-20)19-15(21)13-2-1-7-22-13/h3-6,8,13H,1-2,7,9H2,(H,19,21)/t13-/m1/s1. The number of hydrogen-bond acceptors (Lipinski definition) is 3. The van der Waals surface area contributed by atoms with Crippen LogP contribution in [-0.4, -0.2) is 28.4 Å². The maximum absolute atomic E-state index is 13.5. The minimum Gasteiger partial charge on any atom is -0.368 e. The van der Waals surface area contributed by atoms with Crippen molar-refractivity contribution in [1.82, 2.24) is 9.78 Å². The van der Waals surface area contributed by atoms with E-state index in [2.05, 4.69) is 10.4 Å². The molecule has 1 saturated heterocycles. The molecule has 1 fully saturated rings. The summed E-state index contributed by atoms with van der Waals surface area (Å²) in [7, 11) is 0. The molecule has 1 aromatic carbocycles. The zero-order chi connectivity index (χ0) is 15.5. The molecule has 7 heteroatoms. The maximum Gasteiger partial charge on any atom is 0.254 e. The van der Waals surface area contributed by atoms with Crippen molar-refractivity contribution in [2.24, 2.45) is 0 Å². The van der Waals surface area contributed by atoms with Crippen LogP contribution in [0.5, 0.6) is 0 Å². The topological polar surface area (TPSA) is 56.2 Å². The zero-order valence-electron chi connectivity index (χ0n) is 11.8. The second-order valence-corrected chi connectivity index (χ2v) is 5.52. The quantitative estimate of drug-likeness (QED) is 0.941. The molecule has 0 bridgehead atoms. The second-order valence-electron chi connectivity index (χ2n) is 5.11. The highest BCUT2D eigenvalue weighted by Gasteiger charge is 2.24. The highest BCUT2D eigenvalue weighted by molar-refractivity contribution is 6.30. The minimum absolute atomic E-state index is 0.0797. The Kier molecular flexibility index (Phi) is 4.40. The van der Waals surface area contributed by atoms with Crippen LogP contribution in [0.4, 0.5) is 10.2 Å². The predicted octanol–water partition coefficient (Wildman–Crippen LogP) is 2.84. The first-order valence-electron chi connectivity index (χ1n) is 7.02. The Labute approximate surface area is 132 Å². The minimum atomic E-state index is -0.476. The van der Waals surface area contributed by atoms with E-state index in [9.17, 15) is 9.18 Å². The van der Waals surface area contributed by atoms with Crippen LogP contribution in [0.15, 0.2) is 30.5 Å². The Morgan fingerprint density at radius 1 is 1.50 bits per heavy atom. The summed E-state index contributed by atoms with van der Waals surface area (Å²) in [5, 5.41) is 7.02. The Morgan fingerprint density at radius 3 is 3.09 bits per heavy atom. The van der Waals surface area contributed by atoms with Crippen molar-refractivity contribution in [1.29, 1.82) is 0 Å². The van der Waals surface area contributed by atoms with Gasteiger partial charge in [-0.2, -0.15) is 5.10 Å². The number of hydrogen-bond donors (Lipinski definition) is 1. The number of halogens is 2. The van der Waals surface area contributed by atoms with Crippen molar-refractivity contribution >= 4 is 23.3 Å². The van der Waals surface area contributed by atoms with Crippen LogP contribution in [-0.2, 0) is 16.1 Å². The average Bonchev–Trinajstić information content (AvgIpc) is 3.15. The highest BCUT2D eigenvalue weighted by Crippen LogP contribution is 2.18. The molecular formula is C15H15ClFN3O2. The molecule has 5 nitrogen and oxygen atoms in total. The van der Waals surface area contributed by atoms with Gasteiger partial charge in [0.1, 0.15) is 17.7 Å². The summed E-state index contributed by atoms with van der Waals surface area (Å²) in [5.41, 5.74) is 0.707. The lowest BCUT2D eigenvalue weighted by atomic mass is 10.2. The van der Waals surface area contributed by atoms with E-state index >= 15 is 0 Å². The van der Waals surface area contributed by atoms with Crippen molar-refractivity contribution in [3.8, 4) is 0 Å². The molecule has 1 aliphatic heterocycles. The number of nitrogens with one attached hydrogen (secondary N) is 1. The smallest absolute Gasteiger partial charge is 0.254 e. The van der Waals surface area contributed by atoms with Gasteiger partial charge >= 0.3 is 0 Å². The van der Waals surface area contributed by atoms with Crippen molar-refractivity contribution in [3.63, 3.8) is 0 Å². The van der Waals surface area contributed by atoms with Crippen LogP contribution in [0.1, 0.15) is 18.4 Å². The lowest BCUT2D eigenvalue weighted by Gasteiger charge is -2.12. The van der Waals surface area contributed by atoms with E-state index in [1.54, 1.807) is 23.0 Å². The fourth-order valence-corrected chi connectivity index (χ4v) is 2.48. The van der Waals surface area contributed by atoms with Gasteiger partial charge in [0, 0.05) is 12.7 Å². The van der Waals surface area contributed by atoms with Gasteiger partial charge in [-0.3, -0.25) is 4.79 Å². The molecule has 1 aromatic heterocycles. The van der Waals surface area contributed by atoms with Crippen molar-refractivity contribution < 1.29 is 13.9 Å². The van der Waals surface area contributed by atoms with Crippen LogP contribution in [0, 0.1) is 5.82 Å². The SMILES string of the molecule is O=C(Nc1ccnn1Cc1ccc(Cl)c(F)c1)[C@H]1CCCO1. The molecule has 22 heavy (non-hydrogen) atoms. The molecule has 116 valence electrons. The van der Waals surface area contributed by atoms with E-state index in [0.717, 1.165) is 12.8 Å². The molecule has 0 spiro atoms. The number of aromatic nitrogens is 2. The van der Waals surface area contributed by atoms with Gasteiger partial charge in [-0.1, -0.05) is 17.7 Å². The molecule has 1 aliphatic rings. The first-order valence-corrected chi connectivity index (χ1v) is 7.39. The van der Waals surface area contributed by atoms with E-state index in [1.807, 2.05) is 0 Å². The van der Waals surface area contributed by atoms with Gasteiger partial charge in [-0.15, -0.1) is 0 Å². The molecule has 2 heterocycles. The van der Waals surface area contributed by atoms with Gasteiger partial charge in [-0.05, 0) is 30.5 Å². The maximum atomic E-state index is 13.5. The van der Waals surface area contributed by atoms with Gasteiger partial charge in [0.05, 0.1) is 17.8 Å². The second kappa shape index (κ2) is 6.46. The van der Waals surface area contributed by atoms with Crippen molar-refractivity contribution in [3.05, 3.63) is 46.9 Å². The third-order valence-corrected chi connectivity index (χ3v) is 3.81. The Bertz CT molecular complexity index is 683. The average molecular weight is 324 g/mol. The van der Waals surface area contributed by atoms with E-state index in [-0.39, 0.29) is 10.9 Å². The fraction of sp³-hybridized carbons (Fsp3) is 0.333. The summed E-state index contributed by atoms with van der Waals surface area (Å²) in [5.74, 6) is -0.103. The van der Waals surface area contributed by atoms with Crippen LogP contribution in [0.25, 0.3) is 0 Å². The number of nitrogens with zero attached hydrogens (tertiary/aromatic N) is 2. The third kappa shape index (κ3) is 3.28. The molecule has 0 radical (unpaired) electrons. The fourth-order valence-electron chi connectivity index (χ4n) is 2.37. The summed E-state index contributed by atoms with van der Waals surface area (Å²) >= 11 is 5.67. The van der Waals surface area contributed by atoms with Gasteiger partial charge in [0.15, 0.2) is 0 Å². The van der Waals surface area contributed by atoms with E-state index < -0.39 is 11.9 Å². The lowest BCUT2D eigenvalue weighted by molar-refractivity contribution is -0.124. The predicted molar refractivity (Wildman–Crippen MR) is 80.3 cm³/mol. The molecule has 3 rings (SSSR count). The van der Waals surface area contributed by atoms with E-state index in [4.69, 9.17) is 16.3 Å². The molecule has 0 aliphatic carbocycles. The van der Waals surface area contributed by atoms with Crippen LogP contribution in [0.2, 0.25) is 5.02 Å². The summed E-state index contributed by atoms with van der Waals surface area (Å²) < 4.78 is 20.4. The van der Waals surface area contributed by atoms with Crippen LogP contribution in [0.3, 0.4) is 0 Å². The first-order chi connectivity index (χ1) is 10.6. The van der Waals surface area contributed by atoms with Crippen molar-refractivity contribution in [2.45, 2.75) is 25.5 Å². The van der Waals surface area contributed by atoms with Crippen molar-refractivity contribution in [2.75, 3.05) is 11.9 Å². The molecule has 0 unspecified atom stereocenters. The summed E-state index contributed by atoms with van der Waals surface area (Å²) in [6, 6.07) is 6.27. The molecular weight excluding hydrogens is 309 g/mol. The Balaban J connectivity index is 1.71. The van der Waals surface area contributed by atoms with Crippen LogP contribution < -0.4 is 5.32 Å². The molecule has 2 aromatic rings. The number of amides is 1. The van der Waals surface area contributed by atoms with Gasteiger partial charge in [0.2, 0.25) is 0 Å². The lowest BCUT2D eigenvalue weighted by Crippen LogP contribution is -2.28.